The molecule has 0 radical (unpaired) electrons. The second-order valence-electron chi connectivity index (χ2n) is 21.1. The molecule has 2 heterocycles. The van der Waals surface area contributed by atoms with Crippen LogP contribution in [0.4, 0.5) is 0 Å². The van der Waals surface area contributed by atoms with Crippen LogP contribution >= 0.6 is 0 Å². The minimum atomic E-state index is -1.73. The summed E-state index contributed by atoms with van der Waals surface area (Å²) in [5, 5.41) is 26.2. The minimum absolute atomic E-state index is 0.0254. The lowest BCUT2D eigenvalue weighted by Crippen LogP contribution is -2.60. The van der Waals surface area contributed by atoms with Crippen molar-refractivity contribution < 1.29 is 67.6 Å². The van der Waals surface area contributed by atoms with E-state index in [1.807, 2.05) is 34.6 Å². The van der Waals surface area contributed by atoms with Crippen LogP contribution in [0.5, 0.6) is 0 Å². The van der Waals surface area contributed by atoms with Gasteiger partial charge in [0.15, 0.2) is 24.4 Å². The number of ether oxygens (including phenoxy) is 3. The number of hydrogen-bond acceptors (Lipinski definition) is 14. The third-order valence-electron chi connectivity index (χ3n) is 13.1. The van der Waals surface area contributed by atoms with Gasteiger partial charge in [-0.1, -0.05) is 69.2 Å². The van der Waals surface area contributed by atoms with Crippen LogP contribution in [-0.2, 0) is 57.4 Å². The Morgan fingerprint density at radius 2 is 1.24 bits per heavy atom. The molecule has 2 aliphatic heterocycles. The van der Waals surface area contributed by atoms with Crippen molar-refractivity contribution in [3.8, 4) is 0 Å². The Morgan fingerprint density at radius 3 is 1.74 bits per heavy atom. The maximum absolute atomic E-state index is 14.7. The summed E-state index contributed by atoms with van der Waals surface area (Å²) >= 11 is 0. The second-order valence-corrected chi connectivity index (χ2v) is 21.1. The number of carbonyl (C=O) groups excluding carboxylic acids is 9. The first-order valence-electron chi connectivity index (χ1n) is 24.1. The standard InChI is InChI=1S/C48H80N6O14/c1-24(2)18-34-39(57)50-48(16-17-48)47(65)67-35(19-25(3)4)43(61)52(14)32(21-29(10)23-55)41(59)53(15)37(26(5)6)40(58)49-36(31(12)56)46(64)68-38(27(7)8)44(62)54-22-28(9)20-33(54)42(60)51(13)30(11)45(63)66-34/h24-38,55-56H,16-23H2,1-15H3,(H,49,58)(H,50,57)/t28-,29-,30-,31-,32+,33-,34-,35+,36+,37+,38+/m0/s1. The van der Waals surface area contributed by atoms with E-state index in [-0.39, 0.29) is 69.4 Å². The van der Waals surface area contributed by atoms with Gasteiger partial charge >= 0.3 is 17.9 Å². The van der Waals surface area contributed by atoms with Crippen molar-refractivity contribution in [2.24, 2.45) is 35.5 Å². The number of aliphatic hydroxyl groups excluding tert-OH is 2. The van der Waals surface area contributed by atoms with E-state index >= 15 is 0 Å². The molecular formula is C48H80N6O14. The van der Waals surface area contributed by atoms with Crippen molar-refractivity contribution in [2.75, 3.05) is 34.3 Å². The van der Waals surface area contributed by atoms with Gasteiger partial charge in [-0.15, -0.1) is 0 Å². The smallest absolute Gasteiger partial charge is 0.332 e. The Labute approximate surface area is 401 Å². The molecule has 2 saturated heterocycles. The molecule has 4 N–H and O–H groups in total. The first-order valence-corrected chi connectivity index (χ1v) is 24.1. The molecule has 3 aliphatic rings. The van der Waals surface area contributed by atoms with Gasteiger partial charge in [0.2, 0.25) is 17.7 Å². The van der Waals surface area contributed by atoms with Crippen LogP contribution in [0.1, 0.15) is 122 Å². The van der Waals surface area contributed by atoms with Crippen molar-refractivity contribution in [1.82, 2.24) is 30.2 Å². The van der Waals surface area contributed by atoms with E-state index in [1.165, 1.54) is 39.9 Å². The van der Waals surface area contributed by atoms with Gasteiger partial charge in [0.1, 0.15) is 29.7 Å². The molecule has 0 aromatic heterocycles. The number of likely N-dealkylation sites (N-methyl/N-ethyl adjacent to an activating group) is 3. The quantitative estimate of drug-likeness (QED) is 0.178. The topological polar surface area (TPSA) is 259 Å². The number of amides is 6. The van der Waals surface area contributed by atoms with Crippen molar-refractivity contribution in [3.63, 3.8) is 0 Å². The molecule has 6 amide bonds. The zero-order valence-corrected chi connectivity index (χ0v) is 42.9. The van der Waals surface area contributed by atoms with Gasteiger partial charge in [-0.2, -0.15) is 0 Å². The lowest BCUT2D eigenvalue weighted by atomic mass is 9.96. The summed E-state index contributed by atoms with van der Waals surface area (Å²) in [4.78, 5) is 133. The number of nitrogens with one attached hydrogen (secondary N) is 2. The van der Waals surface area contributed by atoms with Crippen LogP contribution in [0.2, 0.25) is 0 Å². The molecule has 0 aromatic carbocycles. The molecule has 1 spiro atoms. The SMILES string of the molecule is CC(C)C[C@@H]1OC(=O)[C@H](C)N(C)C(=O)[C@@H]2C[C@H](C)CN2C(=O)[C@@H](C(C)C)OC(=O)[C@@H]([C@H](C)O)NC(=O)[C@@H](C(C)C)N(C)C(=O)[C@@H](C[C@H](C)CO)N(C)C(=O)[C@@H](CC(C)C)OC(=O)C2(CC2)NC1=O. The van der Waals surface area contributed by atoms with Gasteiger partial charge < -0.3 is 54.7 Å². The van der Waals surface area contributed by atoms with Gasteiger partial charge in [-0.05, 0) is 87.9 Å². The van der Waals surface area contributed by atoms with Crippen LogP contribution in [0.15, 0.2) is 0 Å². The summed E-state index contributed by atoms with van der Waals surface area (Å²) in [6, 6.07) is -6.67. The second kappa shape index (κ2) is 24.1. The normalized spacial score (nSPS) is 30.1. The zero-order chi connectivity index (χ0) is 51.9. The van der Waals surface area contributed by atoms with Gasteiger partial charge in [0.25, 0.3) is 17.7 Å². The van der Waals surface area contributed by atoms with Crippen LogP contribution in [0.25, 0.3) is 0 Å². The Bertz CT molecular complexity index is 1850. The van der Waals surface area contributed by atoms with E-state index in [4.69, 9.17) is 14.2 Å². The Balaban J connectivity index is 2.20. The number of rotatable bonds is 10. The monoisotopic (exact) mass is 965 g/mol. The van der Waals surface area contributed by atoms with Gasteiger partial charge in [0.05, 0.1) is 6.10 Å². The van der Waals surface area contributed by atoms with Crippen molar-refractivity contribution in [1.29, 1.82) is 0 Å². The van der Waals surface area contributed by atoms with E-state index in [2.05, 4.69) is 10.6 Å². The average Bonchev–Trinajstić information content (AvgIpc) is 3.93. The number of aliphatic hydroxyl groups is 2. The molecular weight excluding hydrogens is 885 g/mol. The first-order chi connectivity index (χ1) is 31.5. The zero-order valence-electron chi connectivity index (χ0n) is 42.9. The number of carbonyl (C=O) groups is 9. The van der Waals surface area contributed by atoms with Crippen LogP contribution in [0.3, 0.4) is 0 Å². The molecule has 0 unspecified atom stereocenters. The summed E-state index contributed by atoms with van der Waals surface area (Å²) in [6.45, 7) is 19.7. The van der Waals surface area contributed by atoms with Gasteiger partial charge in [-0.25, -0.2) is 14.4 Å². The third-order valence-corrected chi connectivity index (χ3v) is 13.1. The lowest BCUT2D eigenvalue weighted by Gasteiger charge is -2.38. The van der Waals surface area contributed by atoms with E-state index in [9.17, 15) is 53.4 Å². The largest absolute Gasteiger partial charge is 0.451 e. The molecule has 11 atom stereocenters. The van der Waals surface area contributed by atoms with E-state index < -0.39 is 131 Å². The Hall–Kier alpha value is -4.85. The highest BCUT2D eigenvalue weighted by Gasteiger charge is 2.55. The minimum Gasteiger partial charge on any atom is -0.451 e. The molecule has 0 bridgehead atoms. The fourth-order valence-electron chi connectivity index (χ4n) is 8.68. The molecule has 20 nitrogen and oxygen atoms in total. The molecule has 1 aliphatic carbocycles. The summed E-state index contributed by atoms with van der Waals surface area (Å²) in [5.74, 6) is -9.78. The van der Waals surface area contributed by atoms with Crippen LogP contribution in [-0.4, -0.2) is 178 Å². The van der Waals surface area contributed by atoms with E-state index in [1.54, 1.807) is 34.6 Å². The predicted octanol–water partition coefficient (Wildman–Crippen LogP) is 1.41. The highest BCUT2D eigenvalue weighted by atomic mass is 16.6. The molecule has 3 rings (SSSR count). The van der Waals surface area contributed by atoms with Crippen LogP contribution < -0.4 is 10.6 Å². The maximum atomic E-state index is 14.7. The number of cyclic esters (lactones) is 3. The molecule has 68 heavy (non-hydrogen) atoms. The molecule has 20 heteroatoms. The number of fused-ring (bicyclic) bond motifs is 1. The molecule has 0 aromatic rings. The summed E-state index contributed by atoms with van der Waals surface area (Å²) in [6.07, 6.45) is -5.35. The summed E-state index contributed by atoms with van der Waals surface area (Å²) in [5.41, 5.74) is -1.55. The average molecular weight is 965 g/mol. The highest BCUT2D eigenvalue weighted by Crippen LogP contribution is 2.38. The van der Waals surface area contributed by atoms with E-state index in [0.29, 0.717) is 0 Å². The number of esters is 3. The molecule has 1 saturated carbocycles. The van der Waals surface area contributed by atoms with Crippen molar-refractivity contribution in [3.05, 3.63) is 0 Å². The Morgan fingerprint density at radius 1 is 0.662 bits per heavy atom. The van der Waals surface area contributed by atoms with E-state index in [0.717, 1.165) is 14.7 Å². The lowest BCUT2D eigenvalue weighted by molar-refractivity contribution is -0.170. The fraction of sp³-hybridized carbons (Fsp3) is 0.812. The maximum Gasteiger partial charge on any atom is 0.332 e. The summed E-state index contributed by atoms with van der Waals surface area (Å²) in [7, 11) is 4.08. The van der Waals surface area contributed by atoms with Gasteiger partial charge in [-0.3, -0.25) is 28.8 Å². The summed E-state index contributed by atoms with van der Waals surface area (Å²) < 4.78 is 17.5. The molecule has 3 fully saturated rings. The van der Waals surface area contributed by atoms with Crippen LogP contribution in [0, 0.1) is 35.5 Å². The highest BCUT2D eigenvalue weighted by molar-refractivity contribution is 5.98. The van der Waals surface area contributed by atoms with Gasteiger partial charge in [0, 0.05) is 34.3 Å². The van der Waals surface area contributed by atoms with Crippen molar-refractivity contribution >= 4 is 53.4 Å². The fourth-order valence-corrected chi connectivity index (χ4v) is 8.68. The molecule has 386 valence electrons. The predicted molar refractivity (Wildman–Crippen MR) is 247 cm³/mol. The third kappa shape index (κ3) is 14.1. The number of nitrogens with zero attached hydrogens (tertiary/aromatic N) is 4. The van der Waals surface area contributed by atoms with Crippen molar-refractivity contribution in [2.45, 2.75) is 182 Å². The first kappa shape index (κ1) is 57.5. The Kier molecular flexibility index (Phi) is 20.4. The number of hydrogen-bond donors (Lipinski definition) is 4.